The van der Waals surface area contributed by atoms with Gasteiger partial charge in [0, 0.05) is 18.7 Å². The Bertz CT molecular complexity index is 685. The zero-order valence-corrected chi connectivity index (χ0v) is 23.6. The van der Waals surface area contributed by atoms with Crippen LogP contribution in [0.5, 0.6) is 0 Å². The van der Waals surface area contributed by atoms with Gasteiger partial charge >= 0.3 is 5.97 Å². The lowest BCUT2D eigenvalue weighted by molar-refractivity contribution is -0.141. The molecule has 0 heterocycles. The number of ether oxygens (including phenoxy) is 1. The number of carbonyl (C=O) groups is 3. The molecule has 0 aliphatic carbocycles. The molecule has 0 rings (SSSR count). The number of nitrogens with zero attached hydrogens (tertiary/aromatic N) is 1. The third-order valence-corrected chi connectivity index (χ3v) is 7.04. The van der Waals surface area contributed by atoms with Gasteiger partial charge in [0.25, 0.3) is 0 Å². The first-order chi connectivity index (χ1) is 15.8. The minimum absolute atomic E-state index is 0.0446. The molecule has 7 heteroatoms. The Morgan fingerprint density at radius 3 is 1.94 bits per heavy atom. The minimum atomic E-state index is -0.724. The van der Waals surface area contributed by atoms with E-state index >= 15 is 0 Å². The van der Waals surface area contributed by atoms with Crippen LogP contribution in [0.2, 0.25) is 0 Å². The molecule has 0 aromatic carbocycles. The molecular formula is C27H51N3O4. The first kappa shape index (κ1) is 32.1. The van der Waals surface area contributed by atoms with Crippen LogP contribution in [0.1, 0.15) is 94.9 Å². The fraction of sp³-hybridized carbons (Fsp3) is 0.815. The summed E-state index contributed by atoms with van der Waals surface area (Å²) >= 11 is 0. The van der Waals surface area contributed by atoms with Crippen molar-refractivity contribution in [2.45, 2.75) is 119 Å². The topological polar surface area (TPSA) is 87.7 Å². The minimum Gasteiger partial charge on any atom is -0.463 e. The highest BCUT2D eigenvalue weighted by atomic mass is 16.5. The number of nitrogens with one attached hydrogen (secondary N) is 2. The number of rotatable bonds is 15. The number of esters is 1. The third-order valence-electron chi connectivity index (χ3n) is 7.04. The lowest BCUT2D eigenvalue weighted by Gasteiger charge is -2.38. The highest BCUT2D eigenvalue weighted by molar-refractivity contribution is 5.92. The van der Waals surface area contributed by atoms with Crippen molar-refractivity contribution in [2.75, 3.05) is 13.7 Å². The van der Waals surface area contributed by atoms with E-state index in [1.54, 1.807) is 31.9 Å². The number of carbonyl (C=O) groups excluding carboxylic acids is 3. The van der Waals surface area contributed by atoms with Gasteiger partial charge in [-0.25, -0.2) is 4.79 Å². The molecule has 34 heavy (non-hydrogen) atoms. The van der Waals surface area contributed by atoms with Gasteiger partial charge in [-0.1, -0.05) is 61.0 Å². The summed E-state index contributed by atoms with van der Waals surface area (Å²) in [7, 11) is 1.74. The van der Waals surface area contributed by atoms with Crippen molar-refractivity contribution in [1.29, 1.82) is 0 Å². The van der Waals surface area contributed by atoms with Crippen LogP contribution in [0.15, 0.2) is 11.6 Å². The van der Waals surface area contributed by atoms with Crippen molar-refractivity contribution in [2.24, 2.45) is 11.8 Å². The van der Waals surface area contributed by atoms with Crippen molar-refractivity contribution >= 4 is 17.8 Å². The lowest BCUT2D eigenvalue weighted by atomic mass is 9.88. The van der Waals surface area contributed by atoms with Crippen LogP contribution in [-0.2, 0) is 19.1 Å². The quantitative estimate of drug-likeness (QED) is 0.266. The number of hydrogen-bond acceptors (Lipinski definition) is 5. The standard InChI is InChI=1S/C27H51N3O4/c1-12-19(8)23(28-26(33)27(14-3,15-4)29-21(10)13-2)24(31)30(11)22(18(6)7)17-20(9)25(32)34-16-5/h17-19,21-23,29H,12-16H2,1-11H3,(H,28,33)/b20-17+/t19-,21?,22+,23-/m0/s1. The average molecular weight is 482 g/mol. The normalized spacial score (nSPS) is 15.9. The zero-order valence-electron chi connectivity index (χ0n) is 23.6. The summed E-state index contributed by atoms with van der Waals surface area (Å²) in [5.74, 6) is -0.642. The van der Waals surface area contributed by atoms with Gasteiger partial charge in [0.05, 0.1) is 18.2 Å². The Morgan fingerprint density at radius 2 is 1.53 bits per heavy atom. The molecular weight excluding hydrogens is 430 g/mol. The predicted molar refractivity (Wildman–Crippen MR) is 139 cm³/mol. The molecule has 0 aliphatic rings. The molecule has 0 aliphatic heterocycles. The van der Waals surface area contributed by atoms with Crippen LogP contribution < -0.4 is 10.6 Å². The molecule has 1 unspecified atom stereocenters. The smallest absolute Gasteiger partial charge is 0.333 e. The Balaban J connectivity index is 6.02. The number of hydrogen-bond donors (Lipinski definition) is 2. The fourth-order valence-electron chi connectivity index (χ4n) is 4.06. The van der Waals surface area contributed by atoms with Crippen LogP contribution in [-0.4, -0.2) is 60.0 Å². The molecule has 0 saturated heterocycles. The van der Waals surface area contributed by atoms with E-state index in [4.69, 9.17) is 4.74 Å². The van der Waals surface area contributed by atoms with E-state index in [0.717, 1.165) is 12.8 Å². The Morgan fingerprint density at radius 1 is 0.971 bits per heavy atom. The maximum absolute atomic E-state index is 13.7. The van der Waals surface area contributed by atoms with Crippen molar-refractivity contribution in [3.05, 3.63) is 11.6 Å². The van der Waals surface area contributed by atoms with Gasteiger partial charge < -0.3 is 20.3 Å². The van der Waals surface area contributed by atoms with Crippen LogP contribution >= 0.6 is 0 Å². The number of amides is 2. The van der Waals surface area contributed by atoms with Crippen molar-refractivity contribution < 1.29 is 19.1 Å². The van der Waals surface area contributed by atoms with Crippen LogP contribution in [0.4, 0.5) is 0 Å². The largest absolute Gasteiger partial charge is 0.463 e. The molecule has 7 nitrogen and oxygen atoms in total. The van der Waals surface area contributed by atoms with Gasteiger partial charge in [-0.3, -0.25) is 9.59 Å². The molecule has 0 aromatic rings. The maximum Gasteiger partial charge on any atom is 0.333 e. The lowest BCUT2D eigenvalue weighted by Crippen LogP contribution is -2.63. The van der Waals surface area contributed by atoms with E-state index < -0.39 is 11.6 Å². The van der Waals surface area contributed by atoms with Crippen molar-refractivity contribution in [1.82, 2.24) is 15.5 Å². The van der Waals surface area contributed by atoms with Gasteiger partial charge in [-0.15, -0.1) is 0 Å². The molecule has 198 valence electrons. The summed E-state index contributed by atoms with van der Waals surface area (Å²) in [5.41, 5.74) is -0.254. The first-order valence-corrected chi connectivity index (χ1v) is 13.1. The fourth-order valence-corrected chi connectivity index (χ4v) is 4.06. The molecule has 2 N–H and O–H groups in total. The van der Waals surface area contributed by atoms with E-state index in [1.807, 2.05) is 41.5 Å². The summed E-state index contributed by atoms with van der Waals surface area (Å²) in [5, 5.41) is 6.61. The van der Waals surface area contributed by atoms with Gasteiger partial charge in [0.1, 0.15) is 6.04 Å². The number of likely N-dealkylation sites (N-methyl/N-ethyl adjacent to an activating group) is 1. The van der Waals surface area contributed by atoms with E-state index in [9.17, 15) is 14.4 Å². The Kier molecular flexibility index (Phi) is 14.3. The van der Waals surface area contributed by atoms with Crippen LogP contribution in [0, 0.1) is 11.8 Å². The molecule has 0 fully saturated rings. The molecule has 2 amide bonds. The third kappa shape index (κ3) is 8.71. The van der Waals surface area contributed by atoms with E-state index in [1.165, 1.54) is 0 Å². The monoisotopic (exact) mass is 481 g/mol. The molecule has 0 bridgehead atoms. The SMILES string of the molecule is CCOC(=O)/C(C)=C/[C@H](C(C)C)N(C)C(=O)[C@@H](NC(=O)C(CC)(CC)NC(C)CC)[C@@H](C)CC. The molecule has 0 aromatic heterocycles. The van der Waals surface area contributed by atoms with Crippen molar-refractivity contribution in [3.8, 4) is 0 Å². The zero-order chi connectivity index (χ0) is 26.6. The second-order valence-electron chi connectivity index (χ2n) is 9.83. The van der Waals surface area contributed by atoms with Crippen molar-refractivity contribution in [3.63, 3.8) is 0 Å². The van der Waals surface area contributed by atoms with Gasteiger partial charge in [0.2, 0.25) is 11.8 Å². The summed E-state index contributed by atoms with van der Waals surface area (Å²) in [4.78, 5) is 41.1. The second kappa shape index (κ2) is 15.2. The van der Waals surface area contributed by atoms with Crippen LogP contribution in [0.3, 0.4) is 0 Å². The summed E-state index contributed by atoms with van der Waals surface area (Å²) in [6.45, 7) is 20.0. The predicted octanol–water partition coefficient (Wildman–Crippen LogP) is 4.46. The molecule has 0 saturated carbocycles. The summed E-state index contributed by atoms with van der Waals surface area (Å²) < 4.78 is 5.11. The van der Waals surface area contributed by atoms with Crippen LogP contribution in [0.25, 0.3) is 0 Å². The molecule has 4 atom stereocenters. The first-order valence-electron chi connectivity index (χ1n) is 13.1. The van der Waals surface area contributed by atoms with E-state index in [2.05, 4.69) is 24.5 Å². The highest BCUT2D eigenvalue weighted by Crippen LogP contribution is 2.22. The summed E-state index contributed by atoms with van der Waals surface area (Å²) in [6, 6.07) is -0.774. The Labute approximate surface area is 208 Å². The van der Waals surface area contributed by atoms with E-state index in [0.29, 0.717) is 25.0 Å². The molecule has 0 spiro atoms. The second-order valence-corrected chi connectivity index (χ2v) is 9.83. The Hall–Kier alpha value is -1.89. The van der Waals surface area contributed by atoms with Gasteiger partial charge in [-0.05, 0) is 51.9 Å². The highest BCUT2D eigenvalue weighted by Gasteiger charge is 2.40. The summed E-state index contributed by atoms with van der Waals surface area (Å²) in [6.07, 6.45) is 4.72. The average Bonchev–Trinajstić information content (AvgIpc) is 2.82. The van der Waals surface area contributed by atoms with Gasteiger partial charge in [-0.2, -0.15) is 0 Å². The maximum atomic E-state index is 13.7. The van der Waals surface area contributed by atoms with Gasteiger partial charge in [0.15, 0.2) is 0 Å². The van der Waals surface area contributed by atoms with E-state index in [-0.39, 0.29) is 41.7 Å². The molecule has 0 radical (unpaired) electrons.